The summed E-state index contributed by atoms with van der Waals surface area (Å²) < 4.78 is 0.708. The predicted molar refractivity (Wildman–Crippen MR) is 73.0 cm³/mol. The van der Waals surface area contributed by atoms with Crippen molar-refractivity contribution in [1.29, 1.82) is 0 Å². The van der Waals surface area contributed by atoms with Crippen molar-refractivity contribution in [3.05, 3.63) is 51.7 Å². The number of pyridine rings is 1. The number of carbonyl (C=O) groups excluding carboxylic acids is 1. The maximum atomic E-state index is 11.9. The maximum Gasteiger partial charge on any atom is 0.259 e. The van der Waals surface area contributed by atoms with Crippen molar-refractivity contribution in [2.24, 2.45) is 0 Å². The first kappa shape index (κ1) is 12.9. The molecular formula is C12H8BrClN2O2. The van der Waals surface area contributed by atoms with Crippen molar-refractivity contribution in [3.63, 3.8) is 0 Å². The van der Waals surface area contributed by atoms with Crippen LogP contribution in [0.15, 0.2) is 41.0 Å². The molecule has 0 spiro atoms. The number of amides is 1. The molecule has 2 aromatic rings. The van der Waals surface area contributed by atoms with Crippen molar-refractivity contribution < 1.29 is 9.90 Å². The van der Waals surface area contributed by atoms with Crippen molar-refractivity contribution >= 4 is 39.1 Å². The number of carbonyl (C=O) groups is 1. The molecule has 0 saturated heterocycles. The fourth-order valence-corrected chi connectivity index (χ4v) is 1.81. The van der Waals surface area contributed by atoms with Gasteiger partial charge < -0.3 is 10.4 Å². The Bertz CT molecular complexity index is 587. The minimum Gasteiger partial charge on any atom is -0.507 e. The molecule has 6 heteroatoms. The average Bonchev–Trinajstić information content (AvgIpc) is 2.35. The second-order valence-electron chi connectivity index (χ2n) is 3.49. The monoisotopic (exact) mass is 326 g/mol. The number of nitrogens with one attached hydrogen (secondary N) is 1. The second-order valence-corrected chi connectivity index (χ2v) is 4.79. The highest BCUT2D eigenvalue weighted by atomic mass is 79.9. The Hall–Kier alpha value is -1.59. The van der Waals surface area contributed by atoms with E-state index in [0.717, 1.165) is 0 Å². The normalized spacial score (nSPS) is 10.1. The molecule has 0 aliphatic carbocycles. The van der Waals surface area contributed by atoms with Crippen molar-refractivity contribution in [1.82, 2.24) is 4.98 Å². The predicted octanol–water partition coefficient (Wildman–Crippen LogP) is 3.46. The molecule has 0 fully saturated rings. The van der Waals surface area contributed by atoms with Gasteiger partial charge in [0.2, 0.25) is 0 Å². The number of phenols is 1. The highest BCUT2D eigenvalue weighted by molar-refractivity contribution is 9.10. The van der Waals surface area contributed by atoms with Gasteiger partial charge in [-0.1, -0.05) is 27.5 Å². The second kappa shape index (κ2) is 5.37. The first-order chi connectivity index (χ1) is 8.56. The maximum absolute atomic E-state index is 11.9. The molecule has 0 bridgehead atoms. The first-order valence-electron chi connectivity index (χ1n) is 4.97. The molecule has 0 radical (unpaired) electrons. The molecule has 92 valence electrons. The third-order valence-electron chi connectivity index (χ3n) is 2.19. The summed E-state index contributed by atoms with van der Waals surface area (Å²) in [5.41, 5.74) is 0.683. The van der Waals surface area contributed by atoms with Gasteiger partial charge in [0.05, 0.1) is 17.4 Å². The molecule has 1 heterocycles. The summed E-state index contributed by atoms with van der Waals surface area (Å²) in [5, 5.41) is 12.6. The molecule has 1 aromatic carbocycles. The van der Waals surface area contributed by atoms with Crippen LogP contribution in [0, 0.1) is 0 Å². The number of nitrogens with zero attached hydrogens (tertiary/aromatic N) is 1. The third kappa shape index (κ3) is 3.00. The van der Waals surface area contributed by atoms with E-state index < -0.39 is 5.91 Å². The van der Waals surface area contributed by atoms with Gasteiger partial charge in [-0.25, -0.2) is 4.98 Å². The van der Waals surface area contributed by atoms with Crippen LogP contribution < -0.4 is 5.32 Å². The largest absolute Gasteiger partial charge is 0.507 e. The van der Waals surface area contributed by atoms with E-state index in [-0.39, 0.29) is 11.3 Å². The summed E-state index contributed by atoms with van der Waals surface area (Å²) >= 11 is 8.88. The summed E-state index contributed by atoms with van der Waals surface area (Å²) in [5.74, 6) is -0.504. The number of hydrogen-bond donors (Lipinski definition) is 2. The highest BCUT2D eigenvalue weighted by Gasteiger charge is 2.11. The molecule has 0 aliphatic rings. The van der Waals surface area contributed by atoms with Gasteiger partial charge in [-0.15, -0.1) is 0 Å². The molecule has 2 N–H and O–H groups in total. The van der Waals surface area contributed by atoms with E-state index in [2.05, 4.69) is 26.2 Å². The van der Waals surface area contributed by atoms with Gasteiger partial charge in [-0.3, -0.25) is 4.79 Å². The summed E-state index contributed by atoms with van der Waals surface area (Å²) in [6, 6.07) is 7.82. The Morgan fingerprint density at radius 1 is 1.33 bits per heavy atom. The van der Waals surface area contributed by atoms with E-state index >= 15 is 0 Å². The lowest BCUT2D eigenvalue weighted by atomic mass is 10.2. The van der Waals surface area contributed by atoms with E-state index in [1.165, 1.54) is 18.3 Å². The minimum atomic E-state index is -0.419. The Kier molecular flexibility index (Phi) is 3.84. The van der Waals surface area contributed by atoms with Gasteiger partial charge in [0.1, 0.15) is 10.9 Å². The zero-order valence-corrected chi connectivity index (χ0v) is 11.4. The molecule has 0 aliphatic heterocycles. The molecule has 1 aromatic heterocycles. The molecule has 1 amide bonds. The van der Waals surface area contributed by atoms with Crippen molar-refractivity contribution in [3.8, 4) is 5.75 Å². The van der Waals surface area contributed by atoms with Crippen LogP contribution in [-0.4, -0.2) is 16.0 Å². The lowest BCUT2D eigenvalue weighted by Crippen LogP contribution is -2.12. The smallest absolute Gasteiger partial charge is 0.259 e. The van der Waals surface area contributed by atoms with Gasteiger partial charge >= 0.3 is 0 Å². The van der Waals surface area contributed by atoms with Crippen LogP contribution >= 0.6 is 27.5 Å². The van der Waals surface area contributed by atoms with Crippen LogP contribution in [0.1, 0.15) is 10.4 Å². The van der Waals surface area contributed by atoms with E-state index in [0.29, 0.717) is 15.3 Å². The number of halogens is 2. The first-order valence-corrected chi connectivity index (χ1v) is 6.15. The number of hydrogen-bond acceptors (Lipinski definition) is 3. The molecule has 2 rings (SSSR count). The standard InChI is InChI=1S/C12H8BrClN2O2/c13-7-1-3-10(17)9(5-7)12(18)16-8-2-4-11(14)15-6-8/h1-6,17H,(H,16,18). The minimum absolute atomic E-state index is 0.0855. The van der Waals surface area contributed by atoms with Crippen LogP contribution in [0.25, 0.3) is 0 Å². The summed E-state index contributed by atoms with van der Waals surface area (Å²) in [6.45, 7) is 0. The van der Waals surface area contributed by atoms with Crippen molar-refractivity contribution in [2.45, 2.75) is 0 Å². The molecule has 0 saturated carbocycles. The fraction of sp³-hybridized carbons (Fsp3) is 0. The zero-order valence-electron chi connectivity index (χ0n) is 9.02. The Balaban J connectivity index is 2.21. The lowest BCUT2D eigenvalue weighted by molar-refractivity contribution is 0.102. The summed E-state index contributed by atoms with van der Waals surface area (Å²) in [7, 11) is 0. The van der Waals surface area contributed by atoms with Crippen LogP contribution in [0.3, 0.4) is 0 Å². The van der Waals surface area contributed by atoms with Crippen LogP contribution in [0.4, 0.5) is 5.69 Å². The zero-order chi connectivity index (χ0) is 13.1. The molecule has 0 unspecified atom stereocenters. The number of rotatable bonds is 2. The third-order valence-corrected chi connectivity index (χ3v) is 2.91. The number of benzene rings is 1. The number of aromatic nitrogens is 1. The number of aromatic hydroxyl groups is 1. The highest BCUT2D eigenvalue weighted by Crippen LogP contribution is 2.23. The number of phenolic OH excluding ortho intramolecular Hbond substituents is 1. The Morgan fingerprint density at radius 2 is 2.11 bits per heavy atom. The average molecular weight is 328 g/mol. The van der Waals surface area contributed by atoms with Crippen LogP contribution in [0.2, 0.25) is 5.15 Å². The van der Waals surface area contributed by atoms with Crippen LogP contribution in [0.5, 0.6) is 5.75 Å². The Morgan fingerprint density at radius 3 is 2.78 bits per heavy atom. The van der Waals surface area contributed by atoms with E-state index in [9.17, 15) is 9.90 Å². The molecule has 18 heavy (non-hydrogen) atoms. The Labute approximate surface area is 117 Å². The van der Waals surface area contributed by atoms with Crippen LogP contribution in [-0.2, 0) is 0 Å². The van der Waals surface area contributed by atoms with Gasteiger partial charge in [0, 0.05) is 4.47 Å². The van der Waals surface area contributed by atoms with E-state index in [1.807, 2.05) is 0 Å². The van der Waals surface area contributed by atoms with E-state index in [4.69, 9.17) is 11.6 Å². The van der Waals surface area contributed by atoms with Crippen molar-refractivity contribution in [2.75, 3.05) is 5.32 Å². The molecular weight excluding hydrogens is 320 g/mol. The quantitative estimate of drug-likeness (QED) is 0.830. The number of anilines is 1. The lowest BCUT2D eigenvalue weighted by Gasteiger charge is -2.07. The summed E-state index contributed by atoms with van der Waals surface area (Å²) in [6.07, 6.45) is 1.44. The fourth-order valence-electron chi connectivity index (χ4n) is 1.34. The van der Waals surface area contributed by atoms with E-state index in [1.54, 1.807) is 18.2 Å². The van der Waals surface area contributed by atoms with Gasteiger partial charge in [0.25, 0.3) is 5.91 Å². The van der Waals surface area contributed by atoms with Gasteiger partial charge in [-0.2, -0.15) is 0 Å². The summed E-state index contributed by atoms with van der Waals surface area (Å²) in [4.78, 5) is 15.8. The van der Waals surface area contributed by atoms with Gasteiger partial charge in [0.15, 0.2) is 0 Å². The molecule has 0 atom stereocenters. The topological polar surface area (TPSA) is 62.2 Å². The van der Waals surface area contributed by atoms with Gasteiger partial charge in [-0.05, 0) is 30.3 Å². The SMILES string of the molecule is O=C(Nc1ccc(Cl)nc1)c1cc(Br)ccc1O. The molecule has 4 nitrogen and oxygen atoms in total.